The van der Waals surface area contributed by atoms with Crippen LogP contribution in [-0.4, -0.2) is 48.4 Å². The van der Waals surface area contributed by atoms with E-state index in [1.54, 1.807) is 39.0 Å². The monoisotopic (exact) mass is 482 g/mol. The van der Waals surface area contributed by atoms with E-state index in [1.807, 2.05) is 30.3 Å². The van der Waals surface area contributed by atoms with Crippen molar-refractivity contribution in [3.05, 3.63) is 54.1 Å². The Bertz CT molecular complexity index is 1100. The molecule has 2 aromatic carbocycles. The lowest BCUT2D eigenvalue weighted by Gasteiger charge is -2.45. The van der Waals surface area contributed by atoms with Crippen molar-refractivity contribution in [1.82, 2.24) is 0 Å². The number of esters is 2. The second kappa shape index (κ2) is 10.4. The zero-order valence-corrected chi connectivity index (χ0v) is 20.0. The summed E-state index contributed by atoms with van der Waals surface area (Å²) in [7, 11) is 0. The first kappa shape index (κ1) is 24.5. The minimum Gasteiger partial charge on any atom is -0.466 e. The number of carbonyl (C=O) groups is 2. The fourth-order valence-corrected chi connectivity index (χ4v) is 4.78. The minimum absolute atomic E-state index is 0.0269. The van der Waals surface area contributed by atoms with Crippen LogP contribution in [0, 0.1) is 11.8 Å². The lowest BCUT2D eigenvalue weighted by Crippen LogP contribution is -2.55. The molecule has 0 bridgehead atoms. The predicted octanol–water partition coefficient (Wildman–Crippen LogP) is 3.48. The van der Waals surface area contributed by atoms with Gasteiger partial charge in [-0.3, -0.25) is 15.0 Å². The van der Waals surface area contributed by atoms with Gasteiger partial charge in [-0.1, -0.05) is 24.3 Å². The molecule has 2 aromatic rings. The van der Waals surface area contributed by atoms with Gasteiger partial charge in [-0.15, -0.1) is 0 Å². The summed E-state index contributed by atoms with van der Waals surface area (Å²) in [6.07, 6.45) is -0.0269. The Hall–Kier alpha value is -3.59. The summed E-state index contributed by atoms with van der Waals surface area (Å²) in [4.78, 5) is 26.6. The number of hydrogen-bond donors (Lipinski definition) is 2. The van der Waals surface area contributed by atoms with E-state index in [0.29, 0.717) is 22.8 Å². The van der Waals surface area contributed by atoms with Crippen LogP contribution in [0.15, 0.2) is 53.6 Å². The smallest absolute Gasteiger partial charge is 0.315 e. The Morgan fingerprint density at radius 3 is 2.46 bits per heavy atom. The third kappa shape index (κ3) is 5.09. The number of rotatable bonds is 7. The Morgan fingerprint density at radius 2 is 1.74 bits per heavy atom. The molecule has 0 saturated heterocycles. The number of carbonyl (C=O) groups excluding carboxylic acids is 2. The Kier molecular flexibility index (Phi) is 7.25. The summed E-state index contributed by atoms with van der Waals surface area (Å²) in [5.41, 5.74) is 3.12. The zero-order valence-electron chi connectivity index (χ0n) is 20.0. The molecule has 1 saturated carbocycles. The molecule has 9 nitrogen and oxygen atoms in total. The number of fused-ring (bicyclic) bond motifs is 1. The molecule has 4 atom stereocenters. The van der Waals surface area contributed by atoms with Crippen molar-refractivity contribution in [2.24, 2.45) is 16.9 Å². The Labute approximate surface area is 204 Å². The maximum atomic E-state index is 13.4. The van der Waals surface area contributed by atoms with Crippen LogP contribution < -0.4 is 14.9 Å². The quantitative estimate of drug-likeness (QED) is 0.455. The van der Waals surface area contributed by atoms with Gasteiger partial charge in [-0.2, -0.15) is 5.10 Å². The summed E-state index contributed by atoms with van der Waals surface area (Å²) in [6, 6.07) is 14.5. The highest BCUT2D eigenvalue weighted by atomic mass is 16.7. The van der Waals surface area contributed by atoms with Gasteiger partial charge < -0.3 is 24.1 Å². The van der Waals surface area contributed by atoms with Gasteiger partial charge in [0.15, 0.2) is 11.5 Å². The summed E-state index contributed by atoms with van der Waals surface area (Å²) in [6.45, 7) is 5.35. The number of para-hydroxylation sites is 1. The van der Waals surface area contributed by atoms with Gasteiger partial charge >= 0.3 is 11.9 Å². The normalized spacial score (nSPS) is 26.3. The summed E-state index contributed by atoms with van der Waals surface area (Å²) >= 11 is 0. The molecule has 1 aliphatic heterocycles. The number of hydrazone groups is 1. The number of nitrogens with one attached hydrogen (secondary N) is 1. The first-order valence-electron chi connectivity index (χ1n) is 11.7. The number of anilines is 1. The molecule has 0 radical (unpaired) electrons. The number of hydrogen-bond acceptors (Lipinski definition) is 9. The van der Waals surface area contributed by atoms with Gasteiger partial charge in [0.1, 0.15) is 5.92 Å². The van der Waals surface area contributed by atoms with Gasteiger partial charge in [0.2, 0.25) is 6.79 Å². The number of nitrogens with zero attached hydrogens (tertiary/aromatic N) is 1. The van der Waals surface area contributed by atoms with E-state index < -0.39 is 35.3 Å². The third-order valence-electron chi connectivity index (χ3n) is 6.25. The fraction of sp³-hybridized carbons (Fsp3) is 0.423. The molecule has 0 spiro atoms. The SMILES string of the molecule is CCOC(=O)C1/C(=N\Nc2ccccc2)CC(C)(O)C(C(=O)OCC)C1c1ccc2c(c1)OCO2. The van der Waals surface area contributed by atoms with Crippen LogP contribution in [0.4, 0.5) is 5.69 Å². The molecule has 2 N–H and O–H groups in total. The lowest BCUT2D eigenvalue weighted by atomic mass is 9.61. The molecule has 2 aliphatic rings. The van der Waals surface area contributed by atoms with Crippen molar-refractivity contribution < 1.29 is 33.6 Å². The maximum absolute atomic E-state index is 13.4. The Balaban J connectivity index is 1.84. The van der Waals surface area contributed by atoms with Crippen molar-refractivity contribution in [1.29, 1.82) is 0 Å². The molecule has 186 valence electrons. The highest BCUT2D eigenvalue weighted by molar-refractivity contribution is 6.06. The van der Waals surface area contributed by atoms with Crippen LogP contribution in [-0.2, 0) is 19.1 Å². The maximum Gasteiger partial charge on any atom is 0.315 e. The highest BCUT2D eigenvalue weighted by Crippen LogP contribution is 2.49. The number of aliphatic hydroxyl groups is 1. The first-order valence-corrected chi connectivity index (χ1v) is 11.7. The minimum atomic E-state index is -1.55. The molecular formula is C26H30N2O7. The van der Waals surface area contributed by atoms with Gasteiger partial charge in [0, 0.05) is 12.3 Å². The average Bonchev–Trinajstić information content (AvgIpc) is 3.30. The van der Waals surface area contributed by atoms with E-state index in [0.717, 1.165) is 5.69 Å². The largest absolute Gasteiger partial charge is 0.466 e. The standard InChI is InChI=1S/C26H30N2O7/c1-4-32-24(29)22-18(28-27-17-9-7-6-8-10-17)14-26(3,31)23(25(30)33-5-2)21(22)16-11-12-19-20(13-16)35-15-34-19/h6-13,21-23,27,31H,4-5,14-15H2,1-3H3/b28-18-. The van der Waals surface area contributed by atoms with Crippen LogP contribution in [0.2, 0.25) is 0 Å². The summed E-state index contributed by atoms with van der Waals surface area (Å²) in [5, 5.41) is 16.1. The van der Waals surface area contributed by atoms with E-state index in [9.17, 15) is 14.7 Å². The Morgan fingerprint density at radius 1 is 1.06 bits per heavy atom. The molecule has 35 heavy (non-hydrogen) atoms. The first-order chi connectivity index (χ1) is 16.9. The number of ether oxygens (including phenoxy) is 4. The molecule has 9 heteroatoms. The van der Waals surface area contributed by atoms with Crippen LogP contribution in [0.1, 0.15) is 38.7 Å². The molecule has 1 fully saturated rings. The van der Waals surface area contributed by atoms with Crippen LogP contribution >= 0.6 is 0 Å². The lowest BCUT2D eigenvalue weighted by molar-refractivity contribution is -0.163. The third-order valence-corrected chi connectivity index (χ3v) is 6.25. The molecule has 4 unspecified atom stereocenters. The zero-order chi connectivity index (χ0) is 25.0. The van der Waals surface area contributed by atoms with Crippen LogP contribution in [0.5, 0.6) is 11.5 Å². The number of benzene rings is 2. The molecule has 4 rings (SSSR count). The van der Waals surface area contributed by atoms with E-state index in [-0.39, 0.29) is 26.4 Å². The van der Waals surface area contributed by atoms with Crippen molar-refractivity contribution >= 4 is 23.3 Å². The molecule has 1 heterocycles. The second-order valence-corrected chi connectivity index (χ2v) is 8.71. The van der Waals surface area contributed by atoms with Gasteiger partial charge in [-0.05, 0) is 50.6 Å². The molecular weight excluding hydrogens is 452 g/mol. The molecule has 0 amide bonds. The van der Waals surface area contributed by atoms with E-state index >= 15 is 0 Å². The van der Waals surface area contributed by atoms with E-state index in [4.69, 9.17) is 18.9 Å². The van der Waals surface area contributed by atoms with Crippen molar-refractivity contribution in [3.8, 4) is 11.5 Å². The van der Waals surface area contributed by atoms with E-state index in [2.05, 4.69) is 10.5 Å². The topological polar surface area (TPSA) is 116 Å². The van der Waals surface area contributed by atoms with Gasteiger partial charge in [-0.25, -0.2) is 0 Å². The van der Waals surface area contributed by atoms with Crippen molar-refractivity contribution in [2.75, 3.05) is 25.4 Å². The molecule has 1 aliphatic carbocycles. The fourth-order valence-electron chi connectivity index (χ4n) is 4.78. The highest BCUT2D eigenvalue weighted by Gasteiger charge is 2.56. The van der Waals surface area contributed by atoms with Crippen molar-refractivity contribution in [3.63, 3.8) is 0 Å². The average molecular weight is 483 g/mol. The molecule has 0 aromatic heterocycles. The van der Waals surface area contributed by atoms with Gasteiger partial charge in [0.05, 0.1) is 36.1 Å². The van der Waals surface area contributed by atoms with E-state index in [1.165, 1.54) is 0 Å². The van der Waals surface area contributed by atoms with Crippen LogP contribution in [0.3, 0.4) is 0 Å². The predicted molar refractivity (Wildman–Crippen MR) is 128 cm³/mol. The summed E-state index contributed by atoms with van der Waals surface area (Å²) in [5.74, 6) is -2.87. The van der Waals surface area contributed by atoms with Gasteiger partial charge in [0.25, 0.3) is 0 Å². The van der Waals surface area contributed by atoms with Crippen molar-refractivity contribution in [2.45, 2.75) is 38.7 Å². The summed E-state index contributed by atoms with van der Waals surface area (Å²) < 4.78 is 21.7. The second-order valence-electron chi connectivity index (χ2n) is 8.71. The van der Waals surface area contributed by atoms with Crippen LogP contribution in [0.25, 0.3) is 0 Å².